The number of rotatable bonds is 2. The normalized spacial score (nSPS) is 15.2. The van der Waals surface area contributed by atoms with E-state index in [0.29, 0.717) is 13.1 Å². The Kier molecular flexibility index (Phi) is 4.29. The molecular formula is C19H22N2O4. The smallest absolute Gasteiger partial charge is 0.410 e. The number of aromatic amines is 1. The van der Waals surface area contributed by atoms with E-state index in [1.807, 2.05) is 45.0 Å². The van der Waals surface area contributed by atoms with Gasteiger partial charge >= 0.3 is 12.1 Å². The molecule has 3 rings (SSSR count). The van der Waals surface area contributed by atoms with Gasteiger partial charge in [-0.05, 0) is 50.5 Å². The Labute approximate surface area is 146 Å². The van der Waals surface area contributed by atoms with Crippen molar-refractivity contribution in [2.24, 2.45) is 0 Å². The molecule has 0 fully saturated rings. The highest BCUT2D eigenvalue weighted by molar-refractivity contribution is 5.94. The average molecular weight is 342 g/mol. The minimum atomic E-state index is -0.970. The number of carboxylic acids is 1. The van der Waals surface area contributed by atoms with Crippen LogP contribution < -0.4 is 0 Å². The van der Waals surface area contributed by atoms with Crippen molar-refractivity contribution in [1.29, 1.82) is 0 Å². The molecule has 2 heterocycles. The second-order valence-electron chi connectivity index (χ2n) is 7.20. The van der Waals surface area contributed by atoms with E-state index in [0.717, 1.165) is 28.5 Å². The van der Waals surface area contributed by atoms with Gasteiger partial charge < -0.3 is 19.7 Å². The van der Waals surface area contributed by atoms with Gasteiger partial charge in [0.2, 0.25) is 0 Å². The van der Waals surface area contributed by atoms with Gasteiger partial charge in [0.05, 0.1) is 0 Å². The number of carboxylic acid groups (broad SMARTS) is 1. The lowest BCUT2D eigenvalue weighted by atomic mass is 9.99. The zero-order chi connectivity index (χ0) is 18.2. The molecule has 132 valence electrons. The maximum Gasteiger partial charge on any atom is 0.410 e. The molecule has 0 bridgehead atoms. The Morgan fingerprint density at radius 1 is 1.24 bits per heavy atom. The Bertz CT molecular complexity index is 858. The monoisotopic (exact) mass is 342 g/mol. The van der Waals surface area contributed by atoms with E-state index in [1.54, 1.807) is 11.0 Å². The lowest BCUT2D eigenvalue weighted by molar-refractivity contribution is 0.0270. The number of fused-ring (bicyclic) bond motifs is 1. The molecule has 0 spiro atoms. The number of aromatic nitrogens is 1. The van der Waals surface area contributed by atoms with Crippen LogP contribution in [0.5, 0.6) is 0 Å². The van der Waals surface area contributed by atoms with E-state index in [2.05, 4.69) is 4.98 Å². The van der Waals surface area contributed by atoms with Crippen molar-refractivity contribution >= 4 is 28.5 Å². The number of amides is 1. The van der Waals surface area contributed by atoms with Crippen LogP contribution in [-0.2, 0) is 4.74 Å². The highest BCUT2D eigenvalue weighted by Crippen LogP contribution is 2.26. The molecule has 0 saturated carbocycles. The van der Waals surface area contributed by atoms with Gasteiger partial charge in [-0.25, -0.2) is 9.59 Å². The van der Waals surface area contributed by atoms with Gasteiger partial charge in [-0.3, -0.25) is 0 Å². The fourth-order valence-electron chi connectivity index (χ4n) is 2.87. The molecule has 1 aliphatic rings. The highest BCUT2D eigenvalue weighted by Gasteiger charge is 2.24. The number of ether oxygens (including phenoxy) is 1. The van der Waals surface area contributed by atoms with E-state index in [-0.39, 0.29) is 11.8 Å². The van der Waals surface area contributed by atoms with Crippen LogP contribution in [0.25, 0.3) is 16.5 Å². The van der Waals surface area contributed by atoms with Crippen LogP contribution in [-0.4, -0.2) is 45.7 Å². The zero-order valence-electron chi connectivity index (χ0n) is 14.6. The number of hydrogen-bond donors (Lipinski definition) is 2. The quantitative estimate of drug-likeness (QED) is 0.867. The molecule has 6 nitrogen and oxygen atoms in total. The maximum atomic E-state index is 12.1. The predicted octanol–water partition coefficient (Wildman–Crippen LogP) is 3.89. The van der Waals surface area contributed by atoms with Crippen LogP contribution in [0.2, 0.25) is 0 Å². The van der Waals surface area contributed by atoms with E-state index in [1.165, 1.54) is 0 Å². The van der Waals surface area contributed by atoms with Gasteiger partial charge in [0.1, 0.15) is 11.3 Å². The third-order valence-electron chi connectivity index (χ3n) is 4.08. The van der Waals surface area contributed by atoms with Gasteiger partial charge in [-0.15, -0.1) is 0 Å². The Balaban J connectivity index is 1.76. The topological polar surface area (TPSA) is 82.6 Å². The molecule has 0 saturated heterocycles. The van der Waals surface area contributed by atoms with E-state index >= 15 is 0 Å². The van der Waals surface area contributed by atoms with E-state index in [4.69, 9.17) is 9.84 Å². The summed E-state index contributed by atoms with van der Waals surface area (Å²) in [5, 5.41) is 9.94. The maximum absolute atomic E-state index is 12.1. The highest BCUT2D eigenvalue weighted by atomic mass is 16.6. The first kappa shape index (κ1) is 17.1. The van der Waals surface area contributed by atoms with E-state index in [9.17, 15) is 9.59 Å². The summed E-state index contributed by atoms with van der Waals surface area (Å²) in [6, 6.07) is 7.48. The molecule has 1 aromatic heterocycles. The SMILES string of the molecule is CC(C)(C)OC(=O)N1CC=C(c2ccc3cc(C(=O)O)[nH]c3c2)CC1. The molecule has 25 heavy (non-hydrogen) atoms. The fourth-order valence-corrected chi connectivity index (χ4v) is 2.87. The summed E-state index contributed by atoms with van der Waals surface area (Å²) < 4.78 is 5.40. The molecule has 1 amide bonds. The van der Waals surface area contributed by atoms with Crippen LogP contribution >= 0.6 is 0 Å². The molecule has 6 heteroatoms. The minimum absolute atomic E-state index is 0.181. The molecule has 0 atom stereocenters. The van der Waals surface area contributed by atoms with Crippen LogP contribution in [0.1, 0.15) is 43.2 Å². The third-order valence-corrected chi connectivity index (χ3v) is 4.08. The van der Waals surface area contributed by atoms with Crippen molar-refractivity contribution in [3.8, 4) is 0 Å². The molecule has 0 aliphatic carbocycles. The third kappa shape index (κ3) is 3.84. The van der Waals surface area contributed by atoms with Crippen molar-refractivity contribution in [1.82, 2.24) is 9.88 Å². The second kappa shape index (κ2) is 6.27. The molecule has 2 aromatic rings. The summed E-state index contributed by atoms with van der Waals surface area (Å²) in [4.78, 5) is 27.8. The second-order valence-corrected chi connectivity index (χ2v) is 7.20. The van der Waals surface area contributed by atoms with Crippen LogP contribution in [0, 0.1) is 0 Å². The molecule has 1 aliphatic heterocycles. The first-order chi connectivity index (χ1) is 11.7. The first-order valence-corrected chi connectivity index (χ1v) is 8.26. The lowest BCUT2D eigenvalue weighted by Crippen LogP contribution is -2.39. The van der Waals surface area contributed by atoms with Crippen LogP contribution in [0.15, 0.2) is 30.3 Å². The number of hydrogen-bond acceptors (Lipinski definition) is 3. The van der Waals surface area contributed by atoms with Gasteiger partial charge in [-0.1, -0.05) is 18.2 Å². The summed E-state index contributed by atoms with van der Waals surface area (Å²) in [5.74, 6) is -0.970. The lowest BCUT2D eigenvalue weighted by Gasteiger charge is -2.29. The summed E-state index contributed by atoms with van der Waals surface area (Å²) in [6.07, 6.45) is 2.46. The van der Waals surface area contributed by atoms with Gasteiger partial charge in [-0.2, -0.15) is 0 Å². The number of aromatic carboxylic acids is 1. The number of nitrogens with one attached hydrogen (secondary N) is 1. The Morgan fingerprint density at radius 3 is 2.60 bits per heavy atom. The van der Waals surface area contributed by atoms with Crippen molar-refractivity contribution < 1.29 is 19.4 Å². The van der Waals surface area contributed by atoms with Crippen molar-refractivity contribution in [3.05, 3.63) is 41.6 Å². The Hall–Kier alpha value is -2.76. The zero-order valence-corrected chi connectivity index (χ0v) is 14.6. The van der Waals surface area contributed by atoms with E-state index < -0.39 is 11.6 Å². The van der Waals surface area contributed by atoms with Crippen LogP contribution in [0.4, 0.5) is 4.79 Å². The number of benzene rings is 1. The number of H-pyrrole nitrogens is 1. The first-order valence-electron chi connectivity index (χ1n) is 8.26. The average Bonchev–Trinajstić information content (AvgIpc) is 2.97. The Morgan fingerprint density at radius 2 is 2.00 bits per heavy atom. The van der Waals surface area contributed by atoms with Crippen LogP contribution in [0.3, 0.4) is 0 Å². The number of nitrogens with zero attached hydrogens (tertiary/aromatic N) is 1. The number of carbonyl (C=O) groups is 2. The largest absolute Gasteiger partial charge is 0.477 e. The van der Waals surface area contributed by atoms with Gasteiger partial charge in [0.15, 0.2) is 0 Å². The standard InChI is InChI=1S/C19H22N2O4/c1-19(2,3)25-18(24)21-8-6-12(7-9-21)13-4-5-14-11-16(17(22)23)20-15(14)10-13/h4-6,10-11,20H,7-9H2,1-3H3,(H,22,23). The van der Waals surface area contributed by atoms with Crippen molar-refractivity contribution in [2.75, 3.05) is 13.1 Å². The molecule has 1 aromatic carbocycles. The summed E-state index contributed by atoms with van der Waals surface area (Å²) in [7, 11) is 0. The fraction of sp³-hybridized carbons (Fsp3) is 0.368. The minimum Gasteiger partial charge on any atom is -0.477 e. The molecule has 0 radical (unpaired) electrons. The van der Waals surface area contributed by atoms with Gasteiger partial charge in [0.25, 0.3) is 0 Å². The summed E-state index contributed by atoms with van der Waals surface area (Å²) >= 11 is 0. The summed E-state index contributed by atoms with van der Waals surface area (Å²) in [6.45, 7) is 6.67. The predicted molar refractivity (Wildman–Crippen MR) is 95.7 cm³/mol. The van der Waals surface area contributed by atoms with Gasteiger partial charge in [0, 0.05) is 24.0 Å². The van der Waals surface area contributed by atoms with Crippen molar-refractivity contribution in [3.63, 3.8) is 0 Å². The molecular weight excluding hydrogens is 320 g/mol. The summed E-state index contributed by atoms with van der Waals surface area (Å²) in [5.41, 5.74) is 2.66. The van der Waals surface area contributed by atoms with Crippen molar-refractivity contribution in [2.45, 2.75) is 32.8 Å². The molecule has 0 unspecified atom stereocenters. The number of carbonyl (C=O) groups excluding carboxylic acids is 1. The molecule has 2 N–H and O–H groups in total.